The number of hydrogen-bond acceptors (Lipinski definition) is 5. The normalized spacial score (nSPS) is 20.1. The van der Waals surface area contributed by atoms with Crippen LogP contribution in [-0.2, 0) is 9.53 Å². The number of allylic oxidation sites excluding steroid dienone is 3. The molecule has 0 bridgehead atoms. The molecule has 2 aliphatic heterocycles. The zero-order valence-electron chi connectivity index (χ0n) is 15.3. The number of amides is 1. The van der Waals surface area contributed by atoms with E-state index in [0.717, 1.165) is 17.9 Å². The van der Waals surface area contributed by atoms with E-state index in [1.165, 1.54) is 0 Å². The van der Waals surface area contributed by atoms with Gasteiger partial charge in [-0.15, -0.1) is 0 Å². The first kappa shape index (κ1) is 18.1. The maximum Gasteiger partial charge on any atom is 0.430 e. The van der Waals surface area contributed by atoms with Crippen LogP contribution in [0.2, 0.25) is 0 Å². The number of ketones is 1. The first-order chi connectivity index (χ1) is 11.2. The lowest BCUT2D eigenvalue weighted by molar-refractivity contribution is -0.115. The van der Waals surface area contributed by atoms with E-state index in [9.17, 15) is 9.59 Å². The molecule has 0 radical (unpaired) electrons. The smallest absolute Gasteiger partial charge is 0.430 e. The van der Waals surface area contributed by atoms with Gasteiger partial charge in [-0.25, -0.2) is 14.8 Å². The molecule has 0 spiro atoms. The zero-order chi connectivity index (χ0) is 18.1. The molecule has 1 amide bonds. The van der Waals surface area contributed by atoms with Gasteiger partial charge < -0.3 is 10.1 Å². The van der Waals surface area contributed by atoms with Gasteiger partial charge in [-0.2, -0.15) is 0 Å². The summed E-state index contributed by atoms with van der Waals surface area (Å²) in [6, 6.07) is -0.155. The van der Waals surface area contributed by atoms with Crippen molar-refractivity contribution in [3.63, 3.8) is 0 Å². The number of ether oxygens (including phenoxy) is 1. The topological polar surface area (TPSA) is 61.9 Å². The van der Waals surface area contributed by atoms with E-state index in [-0.39, 0.29) is 11.8 Å². The minimum Gasteiger partial charge on any atom is -0.442 e. The van der Waals surface area contributed by atoms with Crippen LogP contribution in [0.1, 0.15) is 47.5 Å². The average Bonchev–Trinajstić information content (AvgIpc) is 2.91. The van der Waals surface area contributed by atoms with E-state index in [1.807, 2.05) is 52.8 Å². The predicted molar refractivity (Wildman–Crippen MR) is 92.6 cm³/mol. The van der Waals surface area contributed by atoms with E-state index >= 15 is 0 Å². The van der Waals surface area contributed by atoms with Gasteiger partial charge in [0.25, 0.3) is 0 Å². The Labute approximate surface area is 143 Å². The molecule has 0 fully saturated rings. The van der Waals surface area contributed by atoms with Crippen LogP contribution in [0, 0.1) is 0 Å². The molecule has 0 saturated heterocycles. The van der Waals surface area contributed by atoms with E-state index < -0.39 is 11.7 Å². The van der Waals surface area contributed by atoms with Crippen LogP contribution in [0.3, 0.4) is 0 Å². The number of nitrogens with one attached hydrogen (secondary N) is 1. The van der Waals surface area contributed by atoms with Gasteiger partial charge >= 0.3 is 6.09 Å². The maximum absolute atomic E-state index is 12.8. The first-order valence-electron chi connectivity index (χ1n) is 8.40. The number of fused-ring (bicyclic) bond motifs is 1. The molecule has 0 saturated carbocycles. The molecule has 0 aromatic heterocycles. The number of nitrogens with zero attached hydrogens (tertiary/aromatic N) is 2. The number of hydrogen-bond donors (Lipinski definition) is 1. The van der Waals surface area contributed by atoms with Crippen molar-refractivity contribution >= 4 is 11.9 Å². The third-order valence-corrected chi connectivity index (χ3v) is 3.90. The fraction of sp³-hybridized carbons (Fsp3) is 0.556. The van der Waals surface area contributed by atoms with Crippen molar-refractivity contribution in [2.24, 2.45) is 0 Å². The van der Waals surface area contributed by atoms with Crippen LogP contribution < -0.4 is 5.32 Å². The summed E-state index contributed by atoms with van der Waals surface area (Å²) in [4.78, 5) is 25.0. The van der Waals surface area contributed by atoms with Crippen molar-refractivity contribution in [1.82, 2.24) is 15.3 Å². The summed E-state index contributed by atoms with van der Waals surface area (Å²) < 4.78 is 5.57. The second kappa shape index (κ2) is 6.71. The number of carbonyl (C=O) groups excluding carboxylic acids is 2. The van der Waals surface area contributed by atoms with Gasteiger partial charge in [-0.05, 0) is 45.4 Å². The van der Waals surface area contributed by atoms with Gasteiger partial charge in [0.05, 0.1) is 11.7 Å². The highest BCUT2D eigenvalue weighted by Gasteiger charge is 2.42. The highest BCUT2D eigenvalue weighted by atomic mass is 16.6. The Kier molecular flexibility index (Phi) is 5.06. The minimum absolute atomic E-state index is 0.0542. The van der Waals surface area contributed by atoms with Crippen LogP contribution in [0.4, 0.5) is 4.79 Å². The number of rotatable bonds is 4. The predicted octanol–water partition coefficient (Wildman–Crippen LogP) is 3.10. The van der Waals surface area contributed by atoms with E-state index in [2.05, 4.69) is 5.32 Å². The van der Waals surface area contributed by atoms with Crippen molar-refractivity contribution in [2.45, 2.75) is 59.1 Å². The molecular weight excluding hydrogens is 306 g/mol. The molecule has 1 atom stereocenters. The summed E-state index contributed by atoms with van der Waals surface area (Å²) in [5.74, 6) is 0.786. The quantitative estimate of drug-likeness (QED) is 0.856. The molecular formula is C18H27N3O3. The van der Waals surface area contributed by atoms with Crippen LogP contribution in [0.25, 0.3) is 0 Å². The standard InChI is InChI=1S/C18H27N3O3/c1-7-12-11-14-13(15(22)8-2)9-10-16(19-6)21(14)20(12)17(23)24-18(3,4)5/h9-12,19H,7-8H2,1-6H3. The van der Waals surface area contributed by atoms with Crippen LogP contribution in [0.5, 0.6) is 0 Å². The summed E-state index contributed by atoms with van der Waals surface area (Å²) in [5, 5.41) is 6.42. The molecule has 2 rings (SSSR count). The molecule has 6 nitrogen and oxygen atoms in total. The van der Waals surface area contributed by atoms with E-state index in [1.54, 1.807) is 17.1 Å². The molecule has 1 unspecified atom stereocenters. The molecule has 0 aliphatic carbocycles. The molecule has 0 aromatic rings. The van der Waals surface area contributed by atoms with Crippen LogP contribution in [0.15, 0.2) is 35.3 Å². The highest BCUT2D eigenvalue weighted by molar-refractivity contribution is 6.00. The second-order valence-electron chi connectivity index (χ2n) is 6.82. The van der Waals surface area contributed by atoms with Gasteiger partial charge in [0, 0.05) is 19.0 Å². The Morgan fingerprint density at radius 1 is 1.25 bits per heavy atom. The SMILES string of the molecule is CCC(=O)C1=CC=C(NC)N2C1=CC(CC)N2C(=O)OC(C)(C)C. The van der Waals surface area contributed by atoms with Crippen molar-refractivity contribution in [3.05, 3.63) is 35.3 Å². The third-order valence-electron chi connectivity index (χ3n) is 3.90. The van der Waals surface area contributed by atoms with E-state index in [4.69, 9.17) is 4.74 Å². The monoisotopic (exact) mass is 333 g/mol. The Morgan fingerprint density at radius 2 is 1.92 bits per heavy atom. The molecule has 2 heterocycles. The van der Waals surface area contributed by atoms with Gasteiger partial charge in [0.2, 0.25) is 0 Å². The van der Waals surface area contributed by atoms with Crippen LogP contribution >= 0.6 is 0 Å². The number of Topliss-reactive ketones (excluding diaryl/α,β-unsaturated/α-hetero) is 1. The highest BCUT2D eigenvalue weighted by Crippen LogP contribution is 2.36. The lowest BCUT2D eigenvalue weighted by atomic mass is 10.0. The second-order valence-corrected chi connectivity index (χ2v) is 6.82. The lowest BCUT2D eigenvalue weighted by Crippen LogP contribution is -2.50. The Hall–Kier alpha value is -2.24. The lowest BCUT2D eigenvalue weighted by Gasteiger charge is -2.38. The van der Waals surface area contributed by atoms with Crippen molar-refractivity contribution in [1.29, 1.82) is 0 Å². The van der Waals surface area contributed by atoms with Crippen molar-refractivity contribution in [2.75, 3.05) is 7.05 Å². The summed E-state index contributed by atoms with van der Waals surface area (Å²) in [6.07, 6.45) is 6.31. The first-order valence-corrected chi connectivity index (χ1v) is 8.40. The van der Waals surface area contributed by atoms with Crippen molar-refractivity contribution < 1.29 is 14.3 Å². The molecule has 1 N–H and O–H groups in total. The molecule has 24 heavy (non-hydrogen) atoms. The number of hydrazine groups is 1. The van der Waals surface area contributed by atoms with Crippen LogP contribution in [-0.4, -0.2) is 40.6 Å². The van der Waals surface area contributed by atoms with Gasteiger partial charge in [-0.1, -0.05) is 13.8 Å². The average molecular weight is 333 g/mol. The molecule has 132 valence electrons. The molecule has 0 aromatic carbocycles. The number of carbonyl (C=O) groups is 2. The van der Waals surface area contributed by atoms with E-state index in [0.29, 0.717) is 12.0 Å². The maximum atomic E-state index is 12.8. The largest absolute Gasteiger partial charge is 0.442 e. The van der Waals surface area contributed by atoms with Gasteiger partial charge in [0.1, 0.15) is 11.4 Å². The van der Waals surface area contributed by atoms with Crippen molar-refractivity contribution in [3.8, 4) is 0 Å². The minimum atomic E-state index is -0.588. The van der Waals surface area contributed by atoms with Gasteiger partial charge in [-0.3, -0.25) is 4.79 Å². The Morgan fingerprint density at radius 3 is 2.42 bits per heavy atom. The Balaban J connectivity index is 2.43. The van der Waals surface area contributed by atoms with Gasteiger partial charge in [0.15, 0.2) is 5.78 Å². The summed E-state index contributed by atoms with van der Waals surface area (Å²) in [6.45, 7) is 9.36. The fourth-order valence-corrected chi connectivity index (χ4v) is 2.79. The zero-order valence-corrected chi connectivity index (χ0v) is 15.3. The summed E-state index contributed by atoms with van der Waals surface area (Å²) in [5.41, 5.74) is 0.780. The third kappa shape index (κ3) is 3.32. The summed E-state index contributed by atoms with van der Waals surface area (Å²) in [7, 11) is 1.79. The summed E-state index contributed by atoms with van der Waals surface area (Å²) >= 11 is 0. The Bertz CT molecular complexity index is 626. The molecule has 6 heteroatoms. The fourth-order valence-electron chi connectivity index (χ4n) is 2.79. The molecule has 2 aliphatic rings.